The normalized spacial score (nSPS) is 11.8. The molecule has 4 heterocycles. The van der Waals surface area contributed by atoms with Crippen molar-refractivity contribution >= 4 is 0 Å². The topological polar surface area (TPSA) is 56.5 Å². The van der Waals surface area contributed by atoms with Crippen LogP contribution in [-0.2, 0) is 32.7 Å². The van der Waals surface area contributed by atoms with Gasteiger partial charge in [0.25, 0.3) is 0 Å². The van der Waals surface area contributed by atoms with E-state index in [0.29, 0.717) is 22.8 Å². The molecule has 10 heteroatoms. The molecule has 0 aliphatic rings. The number of aromatic nitrogens is 5. The summed E-state index contributed by atoms with van der Waals surface area (Å²) in [7, 11) is 0. The minimum absolute atomic E-state index is 0. The van der Waals surface area contributed by atoms with Gasteiger partial charge in [0.1, 0.15) is 0 Å². The number of halogens is 4. The van der Waals surface area contributed by atoms with E-state index >= 15 is 0 Å². The Morgan fingerprint density at radius 2 is 1.55 bits per heavy atom. The van der Waals surface area contributed by atoms with Gasteiger partial charge in [-0.2, -0.15) is 19.2 Å². The second-order valence-electron chi connectivity index (χ2n) is 7.66. The molecule has 4 rings (SSSR count). The molecule has 0 radical (unpaired) electrons. The van der Waals surface area contributed by atoms with E-state index in [1.807, 2.05) is 19.9 Å². The molecule has 0 amide bonds. The summed E-state index contributed by atoms with van der Waals surface area (Å²) in [6.07, 6.45) is -2.11. The van der Waals surface area contributed by atoms with Gasteiger partial charge >= 0.3 is 27.2 Å². The maximum Gasteiger partial charge on any atom is 2.00 e. The Balaban J connectivity index is 0.00000306. The van der Waals surface area contributed by atoms with E-state index in [-0.39, 0.29) is 32.6 Å². The zero-order valence-corrected chi connectivity index (χ0v) is 20.0. The molecule has 4 aromatic heterocycles. The summed E-state index contributed by atoms with van der Waals surface area (Å²) < 4.78 is 53.2. The smallest absolute Gasteiger partial charge is 0.343 e. The van der Waals surface area contributed by atoms with Crippen molar-refractivity contribution in [2.24, 2.45) is 0 Å². The third-order valence-corrected chi connectivity index (χ3v) is 5.01. The van der Waals surface area contributed by atoms with Gasteiger partial charge in [0.05, 0.1) is 11.5 Å². The van der Waals surface area contributed by atoms with Gasteiger partial charge in [0.2, 0.25) is 0 Å². The zero-order chi connectivity index (χ0) is 23.1. The third kappa shape index (κ3) is 5.03. The largest absolute Gasteiger partial charge is 2.00 e. The molecule has 0 saturated heterocycles. The second kappa shape index (κ2) is 9.14. The molecule has 4 aromatic rings. The van der Waals surface area contributed by atoms with Gasteiger partial charge < -0.3 is 9.67 Å². The fourth-order valence-corrected chi connectivity index (χ4v) is 3.10. The molecule has 0 atom stereocenters. The maximum absolute atomic E-state index is 13.6. The summed E-state index contributed by atoms with van der Waals surface area (Å²) in [6, 6.07) is 15.1. The zero-order valence-electron chi connectivity index (χ0n) is 17.7. The van der Waals surface area contributed by atoms with Crippen LogP contribution in [0, 0.1) is 25.0 Å². The van der Waals surface area contributed by atoms with Crippen LogP contribution in [0.5, 0.6) is 0 Å². The third-order valence-electron chi connectivity index (χ3n) is 5.01. The minimum atomic E-state index is -4.56. The minimum Gasteiger partial charge on any atom is -0.343 e. The Morgan fingerprint density at radius 1 is 0.879 bits per heavy atom. The first-order valence-corrected chi connectivity index (χ1v) is 9.61. The molecular formula is C23H17F4N5Pt. The van der Waals surface area contributed by atoms with Gasteiger partial charge in [-0.3, -0.25) is 19.5 Å². The first kappa shape index (κ1) is 24.7. The van der Waals surface area contributed by atoms with Crippen LogP contribution in [-0.4, -0.2) is 24.7 Å². The summed E-state index contributed by atoms with van der Waals surface area (Å²) in [4.78, 5) is 13.4. The van der Waals surface area contributed by atoms with Crippen LogP contribution in [0.1, 0.15) is 36.6 Å². The van der Waals surface area contributed by atoms with E-state index in [0.717, 1.165) is 10.7 Å². The number of rotatable bonds is 4. The fraction of sp³-hybridized carbons (Fsp3) is 0.217. The molecule has 0 saturated carbocycles. The molecule has 0 N–H and O–H groups in total. The maximum atomic E-state index is 13.6. The number of pyridine rings is 3. The summed E-state index contributed by atoms with van der Waals surface area (Å²) in [5, 5.41) is 3.53. The Morgan fingerprint density at radius 3 is 2.18 bits per heavy atom. The summed E-state index contributed by atoms with van der Waals surface area (Å²) in [5.74, 6) is -0.248. The number of hydrogen-bond acceptors (Lipinski definition) is 4. The van der Waals surface area contributed by atoms with E-state index < -0.39 is 23.1 Å². The van der Waals surface area contributed by atoms with E-state index in [1.54, 1.807) is 37.3 Å². The Kier molecular flexibility index (Phi) is 6.84. The van der Waals surface area contributed by atoms with Crippen LogP contribution in [0.25, 0.3) is 17.2 Å². The van der Waals surface area contributed by atoms with Crippen LogP contribution >= 0.6 is 0 Å². The summed E-state index contributed by atoms with van der Waals surface area (Å²) >= 11 is 0. The predicted molar refractivity (Wildman–Crippen MR) is 108 cm³/mol. The Bertz CT molecular complexity index is 1280. The van der Waals surface area contributed by atoms with Crippen molar-refractivity contribution in [3.05, 3.63) is 89.4 Å². The Hall–Kier alpha value is -2.93. The molecule has 0 aromatic carbocycles. The fourth-order valence-electron chi connectivity index (χ4n) is 3.10. The number of hydrogen-bond donors (Lipinski definition) is 0. The average molecular weight is 634 g/mol. The van der Waals surface area contributed by atoms with Crippen LogP contribution in [0.15, 0.2) is 48.5 Å². The second-order valence-corrected chi connectivity index (χ2v) is 7.66. The van der Waals surface area contributed by atoms with Gasteiger partial charge in [-0.1, -0.05) is 30.5 Å². The monoisotopic (exact) mass is 634 g/mol. The van der Waals surface area contributed by atoms with Gasteiger partial charge in [0, 0.05) is 28.3 Å². The van der Waals surface area contributed by atoms with E-state index in [2.05, 4.69) is 32.3 Å². The van der Waals surface area contributed by atoms with E-state index in [9.17, 15) is 17.6 Å². The van der Waals surface area contributed by atoms with Crippen molar-refractivity contribution in [3.8, 4) is 17.2 Å². The van der Waals surface area contributed by atoms with Gasteiger partial charge in [-0.25, -0.2) is 0 Å². The first-order chi connectivity index (χ1) is 15.1. The van der Waals surface area contributed by atoms with Crippen molar-refractivity contribution in [3.63, 3.8) is 0 Å². The van der Waals surface area contributed by atoms with Crippen molar-refractivity contribution in [2.75, 3.05) is 0 Å². The van der Waals surface area contributed by atoms with Crippen molar-refractivity contribution in [1.82, 2.24) is 24.7 Å². The van der Waals surface area contributed by atoms with Crippen molar-refractivity contribution in [1.29, 1.82) is 0 Å². The molecule has 0 unspecified atom stereocenters. The molecular weight excluding hydrogens is 617 g/mol. The van der Waals surface area contributed by atoms with Crippen LogP contribution in [0.4, 0.5) is 17.6 Å². The average Bonchev–Trinajstić information content (AvgIpc) is 3.27. The van der Waals surface area contributed by atoms with Crippen LogP contribution < -0.4 is 0 Å². The van der Waals surface area contributed by atoms with Gasteiger partial charge in [-0.15, -0.1) is 12.1 Å². The molecule has 5 nitrogen and oxygen atoms in total. The van der Waals surface area contributed by atoms with Crippen molar-refractivity contribution < 1.29 is 38.6 Å². The number of aryl methyl sites for hydroxylation is 1. The molecule has 0 aliphatic carbocycles. The molecule has 0 spiro atoms. The van der Waals surface area contributed by atoms with Crippen molar-refractivity contribution in [2.45, 2.75) is 32.4 Å². The predicted octanol–water partition coefficient (Wildman–Crippen LogP) is 5.11. The summed E-state index contributed by atoms with van der Waals surface area (Å²) in [6.45, 7) is 5.35. The quantitative estimate of drug-likeness (QED) is 0.231. The molecule has 0 aliphatic heterocycles. The molecule has 0 fully saturated rings. The SMILES string of the molecule is Cc1nc(-c2cccc(C(C)(C)c3cccc(-n4[c-]cc(C(F)(F)F)n4)n3)n2)[c-]cc1F.[Pt+2]. The van der Waals surface area contributed by atoms with Gasteiger partial charge in [-0.05, 0) is 44.3 Å². The van der Waals surface area contributed by atoms with Gasteiger partial charge in [0.15, 0.2) is 0 Å². The number of alkyl halides is 3. The molecule has 33 heavy (non-hydrogen) atoms. The number of nitrogens with zero attached hydrogens (tertiary/aromatic N) is 5. The van der Waals surface area contributed by atoms with Crippen LogP contribution in [0.2, 0.25) is 0 Å². The standard InChI is InChI=1S/C23H17F4N5.Pt/c1-14-15(24)10-11-17(28-14)16-6-4-7-18(29-16)22(2,3)19-8-5-9-21(30-19)32-13-12-20(31-32)23(25,26)27;/h4-10,12H,1-3H3;/q-2;+2. The van der Waals surface area contributed by atoms with E-state index in [4.69, 9.17) is 0 Å². The molecule has 0 bridgehead atoms. The first-order valence-electron chi connectivity index (χ1n) is 9.61. The summed E-state index contributed by atoms with van der Waals surface area (Å²) in [5.41, 5.74) is 0.645. The van der Waals surface area contributed by atoms with Crippen LogP contribution in [0.3, 0.4) is 0 Å². The molecule has 172 valence electrons. The Labute approximate surface area is 202 Å². The van der Waals surface area contributed by atoms with E-state index in [1.165, 1.54) is 6.07 Å².